The van der Waals surface area contributed by atoms with Crippen molar-refractivity contribution in [1.82, 2.24) is 9.88 Å². The third-order valence-electron chi connectivity index (χ3n) is 5.96. The summed E-state index contributed by atoms with van der Waals surface area (Å²) in [4.78, 5) is 44.8. The monoisotopic (exact) mass is 523 g/mol. The number of carbonyl (C=O) groups excluding carboxylic acids is 3. The molecule has 0 saturated heterocycles. The molecule has 0 bridgehead atoms. The summed E-state index contributed by atoms with van der Waals surface area (Å²) in [6.07, 6.45) is 1.65. The van der Waals surface area contributed by atoms with Gasteiger partial charge in [-0.15, -0.1) is 11.3 Å². The van der Waals surface area contributed by atoms with Crippen LogP contribution in [0.3, 0.4) is 0 Å². The van der Waals surface area contributed by atoms with Crippen LogP contribution in [0.2, 0.25) is 0 Å². The SMILES string of the molecule is CCCN(C(=O)Oc1ccccc1C(=O)OC)[C@H]1CCc2nc(NC(=O)OCc3ccccc3)sc2C1. The summed E-state index contributed by atoms with van der Waals surface area (Å²) in [6, 6.07) is 15.9. The molecule has 2 aromatic carbocycles. The van der Waals surface area contributed by atoms with Gasteiger partial charge in [0.05, 0.1) is 12.8 Å². The van der Waals surface area contributed by atoms with E-state index in [0.717, 1.165) is 22.6 Å². The number of benzene rings is 2. The molecule has 1 atom stereocenters. The van der Waals surface area contributed by atoms with Crippen molar-refractivity contribution >= 4 is 34.6 Å². The molecule has 3 aromatic rings. The lowest BCUT2D eigenvalue weighted by atomic mass is 9.96. The average molecular weight is 524 g/mol. The third-order valence-corrected chi connectivity index (χ3v) is 7.00. The third kappa shape index (κ3) is 6.65. The van der Waals surface area contributed by atoms with Gasteiger partial charge in [-0.2, -0.15) is 0 Å². The number of methoxy groups -OCH3 is 1. The average Bonchev–Trinajstić information content (AvgIpc) is 3.32. The zero-order chi connectivity index (χ0) is 26.2. The number of thiazole rings is 1. The molecule has 1 aromatic heterocycles. The molecular weight excluding hydrogens is 494 g/mol. The Balaban J connectivity index is 1.39. The van der Waals surface area contributed by atoms with E-state index in [4.69, 9.17) is 14.2 Å². The van der Waals surface area contributed by atoms with Gasteiger partial charge in [-0.05, 0) is 37.0 Å². The van der Waals surface area contributed by atoms with Gasteiger partial charge < -0.3 is 19.1 Å². The first kappa shape index (κ1) is 26.2. The Labute approximate surface area is 219 Å². The smallest absolute Gasteiger partial charge is 0.415 e. The van der Waals surface area contributed by atoms with E-state index >= 15 is 0 Å². The Bertz CT molecular complexity index is 1250. The first-order chi connectivity index (χ1) is 18.0. The van der Waals surface area contributed by atoms with E-state index in [1.54, 1.807) is 29.2 Å². The van der Waals surface area contributed by atoms with Gasteiger partial charge >= 0.3 is 18.2 Å². The highest BCUT2D eigenvalue weighted by Gasteiger charge is 2.31. The maximum Gasteiger partial charge on any atom is 0.415 e. The number of anilines is 1. The molecule has 0 unspecified atom stereocenters. The van der Waals surface area contributed by atoms with E-state index in [2.05, 4.69) is 10.3 Å². The van der Waals surface area contributed by atoms with Crippen molar-refractivity contribution in [2.75, 3.05) is 19.0 Å². The first-order valence-electron chi connectivity index (χ1n) is 12.1. The fraction of sp³-hybridized carbons (Fsp3) is 0.333. The number of amides is 2. The zero-order valence-electron chi connectivity index (χ0n) is 20.8. The normalized spacial score (nSPS) is 14.3. The maximum atomic E-state index is 13.2. The predicted molar refractivity (Wildman–Crippen MR) is 139 cm³/mol. The summed E-state index contributed by atoms with van der Waals surface area (Å²) < 4.78 is 15.7. The number of hydrogen-bond acceptors (Lipinski definition) is 8. The number of esters is 1. The molecule has 0 radical (unpaired) electrons. The van der Waals surface area contributed by atoms with Crippen LogP contribution in [-0.2, 0) is 28.9 Å². The number of carbonyl (C=O) groups is 3. The van der Waals surface area contributed by atoms with Crippen molar-refractivity contribution in [2.24, 2.45) is 0 Å². The number of hydrogen-bond donors (Lipinski definition) is 1. The second-order valence-electron chi connectivity index (χ2n) is 8.52. The highest BCUT2D eigenvalue weighted by Crippen LogP contribution is 2.32. The van der Waals surface area contributed by atoms with Crippen LogP contribution < -0.4 is 10.1 Å². The van der Waals surface area contributed by atoms with Crippen LogP contribution in [0.4, 0.5) is 14.7 Å². The second-order valence-corrected chi connectivity index (χ2v) is 9.60. The molecule has 1 heterocycles. The molecule has 1 aliphatic carbocycles. The van der Waals surface area contributed by atoms with Crippen LogP contribution in [0.25, 0.3) is 0 Å². The molecule has 10 heteroatoms. The Kier molecular flexibility index (Phi) is 8.73. The number of fused-ring (bicyclic) bond motifs is 1. The van der Waals surface area contributed by atoms with Crippen molar-refractivity contribution in [1.29, 1.82) is 0 Å². The fourth-order valence-corrected chi connectivity index (χ4v) is 5.24. The van der Waals surface area contributed by atoms with Crippen LogP contribution in [0, 0.1) is 0 Å². The lowest BCUT2D eigenvalue weighted by Gasteiger charge is -2.33. The molecule has 37 heavy (non-hydrogen) atoms. The summed E-state index contributed by atoms with van der Waals surface area (Å²) in [5.74, 6) is -0.407. The van der Waals surface area contributed by atoms with Gasteiger partial charge in [-0.25, -0.2) is 19.4 Å². The minimum Gasteiger partial charge on any atom is -0.465 e. The fourth-order valence-electron chi connectivity index (χ4n) is 4.17. The highest BCUT2D eigenvalue weighted by molar-refractivity contribution is 7.15. The molecule has 194 valence electrons. The van der Waals surface area contributed by atoms with Crippen molar-refractivity contribution < 1.29 is 28.6 Å². The van der Waals surface area contributed by atoms with Gasteiger partial charge in [0.15, 0.2) is 5.13 Å². The summed E-state index contributed by atoms with van der Waals surface area (Å²) in [6.45, 7) is 2.68. The van der Waals surface area contributed by atoms with E-state index in [-0.39, 0.29) is 24.0 Å². The van der Waals surface area contributed by atoms with Gasteiger partial charge in [-0.1, -0.05) is 49.4 Å². The Morgan fingerprint density at radius 3 is 2.62 bits per heavy atom. The molecule has 0 fully saturated rings. The van der Waals surface area contributed by atoms with Crippen LogP contribution >= 0.6 is 11.3 Å². The van der Waals surface area contributed by atoms with Crippen LogP contribution in [0.15, 0.2) is 54.6 Å². The number of nitrogens with zero attached hydrogens (tertiary/aromatic N) is 2. The molecule has 0 aliphatic heterocycles. The molecule has 9 nitrogen and oxygen atoms in total. The molecule has 1 N–H and O–H groups in total. The van der Waals surface area contributed by atoms with Crippen LogP contribution in [0.1, 0.15) is 46.3 Å². The highest BCUT2D eigenvalue weighted by atomic mass is 32.1. The number of ether oxygens (including phenoxy) is 3. The summed E-state index contributed by atoms with van der Waals surface area (Å²) in [5.41, 5.74) is 2.01. The van der Waals surface area contributed by atoms with E-state index in [1.807, 2.05) is 37.3 Å². The van der Waals surface area contributed by atoms with E-state index in [9.17, 15) is 14.4 Å². The van der Waals surface area contributed by atoms with Crippen molar-refractivity contribution in [3.63, 3.8) is 0 Å². The minimum absolute atomic E-state index is 0.0939. The van der Waals surface area contributed by atoms with E-state index in [1.165, 1.54) is 18.4 Å². The second kappa shape index (κ2) is 12.4. The predicted octanol–water partition coefficient (Wildman–Crippen LogP) is 5.45. The number of aromatic nitrogens is 1. The maximum absolute atomic E-state index is 13.2. The number of rotatable bonds is 8. The summed E-state index contributed by atoms with van der Waals surface area (Å²) in [5, 5.41) is 3.19. The van der Waals surface area contributed by atoms with E-state index in [0.29, 0.717) is 30.9 Å². The van der Waals surface area contributed by atoms with Crippen molar-refractivity contribution in [3.05, 3.63) is 76.3 Å². The Hall–Kier alpha value is -3.92. The van der Waals surface area contributed by atoms with Crippen molar-refractivity contribution in [3.8, 4) is 5.75 Å². The summed E-state index contributed by atoms with van der Waals surface area (Å²) in [7, 11) is 1.28. The topological polar surface area (TPSA) is 107 Å². The van der Waals surface area contributed by atoms with E-state index < -0.39 is 18.2 Å². The molecule has 2 amide bonds. The lowest BCUT2D eigenvalue weighted by Crippen LogP contribution is -2.45. The van der Waals surface area contributed by atoms with Gasteiger partial charge in [0.1, 0.15) is 17.9 Å². The molecular formula is C27H29N3O6S. The van der Waals surface area contributed by atoms with Crippen molar-refractivity contribution in [2.45, 2.75) is 45.3 Å². The molecule has 1 aliphatic rings. The van der Waals surface area contributed by atoms with Gasteiger partial charge in [0.25, 0.3) is 0 Å². The van der Waals surface area contributed by atoms with Gasteiger partial charge in [0, 0.05) is 23.9 Å². The minimum atomic E-state index is -0.570. The Morgan fingerprint density at radius 1 is 1.11 bits per heavy atom. The lowest BCUT2D eigenvalue weighted by molar-refractivity contribution is 0.0596. The quantitative estimate of drug-likeness (QED) is 0.392. The first-order valence-corrected chi connectivity index (χ1v) is 12.9. The molecule has 0 saturated carbocycles. The van der Waals surface area contributed by atoms with Crippen LogP contribution in [-0.4, -0.2) is 47.7 Å². The number of nitrogens with one attached hydrogen (secondary N) is 1. The molecule has 0 spiro atoms. The van der Waals surface area contributed by atoms with Gasteiger partial charge in [-0.3, -0.25) is 5.32 Å². The largest absolute Gasteiger partial charge is 0.465 e. The number of para-hydroxylation sites is 1. The summed E-state index contributed by atoms with van der Waals surface area (Å²) >= 11 is 1.39. The Morgan fingerprint density at radius 2 is 1.86 bits per heavy atom. The molecule has 4 rings (SSSR count). The van der Waals surface area contributed by atoms with Gasteiger partial charge in [0.2, 0.25) is 0 Å². The zero-order valence-corrected chi connectivity index (χ0v) is 21.6. The number of aryl methyl sites for hydroxylation is 1. The standard InChI is InChI=1S/C27H29N3O6S/c1-3-15-30(27(33)36-22-12-8-7-11-20(22)24(31)34-2)19-13-14-21-23(16-19)37-25(28-21)29-26(32)35-17-18-9-5-4-6-10-18/h4-12,19H,3,13-17H2,1-2H3,(H,28,29,32)/t19-/m0/s1. The van der Waals surface area contributed by atoms with Crippen LogP contribution in [0.5, 0.6) is 5.75 Å².